The molecule has 1 saturated heterocycles. The van der Waals surface area contributed by atoms with Crippen molar-refractivity contribution in [3.63, 3.8) is 0 Å². The van der Waals surface area contributed by atoms with E-state index in [1.165, 1.54) is 0 Å². The molecule has 1 fully saturated rings. The van der Waals surface area contributed by atoms with Crippen LogP contribution in [0.1, 0.15) is 53.3 Å². The second-order valence-electron chi connectivity index (χ2n) is 6.25. The second kappa shape index (κ2) is 6.89. The predicted octanol–water partition coefficient (Wildman–Crippen LogP) is 3.38. The molecule has 0 saturated carbocycles. The van der Waals surface area contributed by atoms with Crippen LogP contribution in [0.4, 0.5) is 0 Å². The van der Waals surface area contributed by atoms with Crippen molar-refractivity contribution >= 4 is 23.0 Å². The number of aryl methyl sites for hydroxylation is 1. The van der Waals surface area contributed by atoms with E-state index in [0.717, 1.165) is 65.6 Å². The Morgan fingerprint density at radius 3 is 2.88 bits per heavy atom. The number of aromatic nitrogens is 2. The summed E-state index contributed by atoms with van der Waals surface area (Å²) in [6, 6.07) is 0. The minimum Gasteiger partial charge on any atom is -0.356 e. The number of hydrogen-bond acceptors (Lipinski definition) is 4. The quantitative estimate of drug-likeness (QED) is 0.816. The lowest BCUT2D eigenvalue weighted by atomic mass is 10.0. The summed E-state index contributed by atoms with van der Waals surface area (Å²) < 4.78 is 0. The van der Waals surface area contributed by atoms with Gasteiger partial charge < -0.3 is 9.88 Å². The fraction of sp³-hybridized carbons (Fsp3) is 0.500. The van der Waals surface area contributed by atoms with Gasteiger partial charge in [0.1, 0.15) is 0 Å². The Balaban J connectivity index is 1.79. The van der Waals surface area contributed by atoms with Gasteiger partial charge in [-0.15, -0.1) is 11.3 Å². The largest absolute Gasteiger partial charge is 0.356 e. The van der Waals surface area contributed by atoms with E-state index in [-0.39, 0.29) is 11.7 Å². The van der Waals surface area contributed by atoms with Crippen LogP contribution in [0, 0.1) is 6.92 Å². The Hall–Kier alpha value is -1.95. The van der Waals surface area contributed by atoms with E-state index in [0.29, 0.717) is 6.42 Å². The fourth-order valence-electron chi connectivity index (χ4n) is 3.44. The first-order valence-electron chi connectivity index (χ1n) is 8.46. The zero-order chi connectivity index (χ0) is 17.3. The van der Waals surface area contributed by atoms with Gasteiger partial charge in [-0.25, -0.2) is 4.98 Å². The highest BCUT2D eigenvalue weighted by Crippen LogP contribution is 2.30. The van der Waals surface area contributed by atoms with Crippen LogP contribution in [0.25, 0.3) is 11.4 Å². The Morgan fingerprint density at radius 1 is 1.46 bits per heavy atom. The van der Waals surface area contributed by atoms with Gasteiger partial charge in [0.25, 0.3) is 0 Å². The number of nitrogens with one attached hydrogen (secondary N) is 1. The average molecular weight is 345 g/mol. The van der Waals surface area contributed by atoms with Crippen LogP contribution in [-0.4, -0.2) is 39.6 Å². The van der Waals surface area contributed by atoms with E-state index in [2.05, 4.69) is 11.9 Å². The molecule has 0 atom stereocenters. The summed E-state index contributed by atoms with van der Waals surface area (Å²) in [6.45, 7) is 7.22. The van der Waals surface area contributed by atoms with Crippen LogP contribution >= 0.6 is 11.3 Å². The first-order chi connectivity index (χ1) is 11.5. The minimum absolute atomic E-state index is 0.0925. The smallest absolute Gasteiger partial charge is 0.222 e. The van der Waals surface area contributed by atoms with Crippen LogP contribution in [0.5, 0.6) is 0 Å². The molecule has 0 spiro atoms. The van der Waals surface area contributed by atoms with E-state index >= 15 is 0 Å². The molecule has 0 unspecified atom stereocenters. The molecule has 128 valence electrons. The number of aromatic amines is 1. The fourth-order valence-corrected chi connectivity index (χ4v) is 4.22. The van der Waals surface area contributed by atoms with Crippen molar-refractivity contribution in [1.29, 1.82) is 0 Å². The highest BCUT2D eigenvalue weighted by Gasteiger charge is 2.21. The van der Waals surface area contributed by atoms with Crippen molar-refractivity contribution in [1.82, 2.24) is 14.9 Å². The molecule has 0 aromatic carbocycles. The Labute approximate surface area is 146 Å². The van der Waals surface area contributed by atoms with Crippen molar-refractivity contribution in [2.24, 2.45) is 0 Å². The maximum atomic E-state index is 11.9. The van der Waals surface area contributed by atoms with Gasteiger partial charge in [-0.2, -0.15) is 0 Å². The number of carbonyl (C=O) groups is 2. The van der Waals surface area contributed by atoms with E-state index in [9.17, 15) is 9.59 Å². The number of ketones is 1. The highest BCUT2D eigenvalue weighted by atomic mass is 32.1. The number of nitrogens with zero attached hydrogens (tertiary/aromatic N) is 2. The molecule has 1 amide bonds. The van der Waals surface area contributed by atoms with Crippen molar-refractivity contribution < 1.29 is 9.59 Å². The molecule has 0 bridgehead atoms. The molecule has 1 N–H and O–H groups in total. The molecule has 6 heteroatoms. The number of rotatable bonds is 6. The molecule has 3 rings (SSSR count). The summed E-state index contributed by atoms with van der Waals surface area (Å²) in [4.78, 5) is 33.6. The van der Waals surface area contributed by atoms with E-state index < -0.39 is 0 Å². The average Bonchev–Trinajstić information content (AvgIpc) is 3.23. The van der Waals surface area contributed by atoms with Crippen molar-refractivity contribution in [2.45, 2.75) is 46.5 Å². The number of thiazole rings is 1. The summed E-state index contributed by atoms with van der Waals surface area (Å²) in [6.07, 6.45) is 3.23. The van der Waals surface area contributed by atoms with Crippen LogP contribution in [0.2, 0.25) is 0 Å². The Kier molecular flexibility index (Phi) is 4.85. The van der Waals surface area contributed by atoms with Gasteiger partial charge in [-0.1, -0.05) is 6.92 Å². The lowest BCUT2D eigenvalue weighted by Gasteiger charge is -2.13. The third kappa shape index (κ3) is 3.15. The predicted molar refractivity (Wildman–Crippen MR) is 95.5 cm³/mol. The molecular weight excluding hydrogens is 322 g/mol. The van der Waals surface area contributed by atoms with E-state index in [1.54, 1.807) is 18.3 Å². The highest BCUT2D eigenvalue weighted by molar-refractivity contribution is 7.09. The number of hydrogen-bond donors (Lipinski definition) is 1. The van der Waals surface area contributed by atoms with E-state index in [4.69, 9.17) is 4.98 Å². The molecule has 2 aromatic heterocycles. The van der Waals surface area contributed by atoms with Crippen LogP contribution in [0.3, 0.4) is 0 Å². The van der Waals surface area contributed by atoms with Gasteiger partial charge >= 0.3 is 0 Å². The molecule has 1 aliphatic heterocycles. The number of Topliss-reactive ketones (excluding diaryl/α,β-unsaturated/α-hetero) is 1. The number of H-pyrrole nitrogens is 1. The van der Waals surface area contributed by atoms with Crippen molar-refractivity contribution in [3.05, 3.63) is 27.2 Å². The van der Waals surface area contributed by atoms with E-state index in [1.807, 2.05) is 17.2 Å². The van der Waals surface area contributed by atoms with Crippen LogP contribution in [0.15, 0.2) is 5.38 Å². The Bertz CT molecular complexity index is 775. The lowest BCUT2D eigenvalue weighted by Crippen LogP contribution is -2.26. The minimum atomic E-state index is 0.0925. The molecule has 24 heavy (non-hydrogen) atoms. The zero-order valence-electron chi connectivity index (χ0n) is 14.4. The standard InChI is InChI=1S/C18H23N3O2S/c1-4-13-17(12(3)22)11(2)19-18(13)14-10-24-15(20-14)7-9-21-8-5-6-16(21)23/h10,19H,4-9H2,1-3H3. The monoisotopic (exact) mass is 345 g/mol. The lowest BCUT2D eigenvalue weighted by molar-refractivity contribution is -0.127. The van der Waals surface area contributed by atoms with Crippen LogP contribution in [-0.2, 0) is 17.6 Å². The maximum absolute atomic E-state index is 11.9. The summed E-state index contributed by atoms with van der Waals surface area (Å²) in [7, 11) is 0. The molecular formula is C18H23N3O2S. The summed E-state index contributed by atoms with van der Waals surface area (Å²) in [5.74, 6) is 0.348. The zero-order valence-corrected chi connectivity index (χ0v) is 15.3. The maximum Gasteiger partial charge on any atom is 0.222 e. The number of amides is 1. The SMILES string of the molecule is CCc1c(-c2csc(CCN3CCCC3=O)n2)[nH]c(C)c1C(C)=O. The molecule has 5 nitrogen and oxygen atoms in total. The van der Waals surface area contributed by atoms with Gasteiger partial charge in [-0.3, -0.25) is 9.59 Å². The second-order valence-corrected chi connectivity index (χ2v) is 7.19. The van der Waals surface area contributed by atoms with Gasteiger partial charge in [0.15, 0.2) is 5.78 Å². The molecule has 0 radical (unpaired) electrons. The Morgan fingerprint density at radius 2 is 2.25 bits per heavy atom. The molecule has 1 aliphatic rings. The normalized spacial score (nSPS) is 14.6. The first kappa shape index (κ1) is 16.9. The van der Waals surface area contributed by atoms with Gasteiger partial charge in [0.05, 0.1) is 16.4 Å². The molecule has 0 aliphatic carbocycles. The van der Waals surface area contributed by atoms with Gasteiger partial charge in [0, 0.05) is 42.6 Å². The number of carbonyl (C=O) groups excluding carboxylic acids is 2. The topological polar surface area (TPSA) is 66.1 Å². The summed E-state index contributed by atoms with van der Waals surface area (Å²) >= 11 is 1.62. The summed E-state index contributed by atoms with van der Waals surface area (Å²) in [5.41, 5.74) is 4.61. The number of likely N-dealkylation sites (tertiary alicyclic amines) is 1. The third-order valence-corrected chi connectivity index (χ3v) is 5.48. The van der Waals surface area contributed by atoms with Crippen molar-refractivity contribution in [3.8, 4) is 11.4 Å². The molecule has 3 heterocycles. The van der Waals surface area contributed by atoms with Gasteiger partial charge in [0.2, 0.25) is 5.91 Å². The first-order valence-corrected chi connectivity index (χ1v) is 9.34. The summed E-state index contributed by atoms with van der Waals surface area (Å²) in [5, 5.41) is 3.07. The molecule has 2 aromatic rings. The van der Waals surface area contributed by atoms with Crippen molar-refractivity contribution in [2.75, 3.05) is 13.1 Å². The third-order valence-electron chi connectivity index (χ3n) is 4.57. The van der Waals surface area contributed by atoms with Gasteiger partial charge in [-0.05, 0) is 32.3 Å². The van der Waals surface area contributed by atoms with Crippen LogP contribution < -0.4 is 0 Å².